The number of hydrogen-bond acceptors (Lipinski definition) is 5. The van der Waals surface area contributed by atoms with E-state index >= 15 is 0 Å². The van der Waals surface area contributed by atoms with Gasteiger partial charge in [0, 0.05) is 19.4 Å². The fourth-order valence-corrected chi connectivity index (χ4v) is 3.55. The van der Waals surface area contributed by atoms with E-state index in [1.807, 2.05) is 6.07 Å². The predicted octanol–water partition coefficient (Wildman–Crippen LogP) is 1.14. The van der Waals surface area contributed by atoms with Gasteiger partial charge < -0.3 is 15.4 Å². The van der Waals surface area contributed by atoms with E-state index in [1.54, 1.807) is 43.1 Å². The van der Waals surface area contributed by atoms with Crippen LogP contribution in [0.25, 0.3) is 0 Å². The number of thioether (sulfide) groups is 1. The molecule has 7 heteroatoms. The summed E-state index contributed by atoms with van der Waals surface area (Å²) in [7, 11) is 1.61. The molecular formula is C15H17N3O3S. The van der Waals surface area contributed by atoms with Crippen molar-refractivity contribution in [1.29, 1.82) is 5.26 Å². The third kappa shape index (κ3) is 3.78. The SMILES string of the molecule is CO[C@@]1(CNC(=O)C(=O)Nc2ccccc2C#N)CCSC1. The molecule has 1 fully saturated rings. The second-order valence-electron chi connectivity index (χ2n) is 4.98. The van der Waals surface area contributed by atoms with E-state index < -0.39 is 17.4 Å². The first-order valence-corrected chi connectivity index (χ1v) is 7.97. The molecule has 1 saturated heterocycles. The summed E-state index contributed by atoms with van der Waals surface area (Å²) < 4.78 is 5.47. The number of nitrogens with one attached hydrogen (secondary N) is 2. The smallest absolute Gasteiger partial charge is 0.313 e. The summed E-state index contributed by atoms with van der Waals surface area (Å²) in [5, 5.41) is 14.0. The first-order chi connectivity index (χ1) is 10.6. The lowest BCUT2D eigenvalue weighted by Gasteiger charge is -2.26. The van der Waals surface area contributed by atoms with Gasteiger partial charge in [0.1, 0.15) is 6.07 Å². The Kier molecular flexibility index (Phi) is 5.41. The highest BCUT2D eigenvalue weighted by Gasteiger charge is 2.35. The van der Waals surface area contributed by atoms with Crippen molar-refractivity contribution in [3.05, 3.63) is 29.8 Å². The number of methoxy groups -OCH3 is 1. The van der Waals surface area contributed by atoms with E-state index in [9.17, 15) is 9.59 Å². The van der Waals surface area contributed by atoms with E-state index in [2.05, 4.69) is 10.6 Å². The normalized spacial score (nSPS) is 20.2. The Morgan fingerprint density at radius 2 is 2.18 bits per heavy atom. The standard InChI is InChI=1S/C15H17N3O3S/c1-21-15(6-7-22-10-15)9-17-13(19)14(20)18-12-5-3-2-4-11(12)8-16/h2-5H,6-7,9-10H2,1H3,(H,17,19)(H,18,20)/t15-/m1/s1. The molecule has 1 aromatic carbocycles. The van der Waals surface area contributed by atoms with Gasteiger partial charge in [-0.25, -0.2) is 0 Å². The van der Waals surface area contributed by atoms with Gasteiger partial charge in [-0.15, -0.1) is 0 Å². The second-order valence-corrected chi connectivity index (χ2v) is 6.09. The number of amides is 2. The minimum absolute atomic E-state index is 0.294. The van der Waals surface area contributed by atoms with Gasteiger partial charge in [0.25, 0.3) is 0 Å². The van der Waals surface area contributed by atoms with Crippen LogP contribution in [-0.2, 0) is 14.3 Å². The van der Waals surface area contributed by atoms with Gasteiger partial charge in [0.05, 0.1) is 16.9 Å². The highest BCUT2D eigenvalue weighted by Crippen LogP contribution is 2.30. The van der Waals surface area contributed by atoms with Crippen LogP contribution in [0.2, 0.25) is 0 Å². The number of nitriles is 1. The van der Waals surface area contributed by atoms with E-state index in [0.717, 1.165) is 17.9 Å². The average molecular weight is 319 g/mol. The molecule has 0 unspecified atom stereocenters. The Morgan fingerprint density at radius 3 is 2.82 bits per heavy atom. The molecule has 0 aliphatic carbocycles. The Morgan fingerprint density at radius 1 is 1.41 bits per heavy atom. The maximum atomic E-state index is 11.9. The zero-order chi connectivity index (χ0) is 16.0. The number of rotatable bonds is 4. The molecule has 0 radical (unpaired) electrons. The molecule has 6 nitrogen and oxygen atoms in total. The average Bonchev–Trinajstić information content (AvgIpc) is 3.02. The highest BCUT2D eigenvalue weighted by atomic mass is 32.2. The molecule has 1 aromatic rings. The zero-order valence-corrected chi connectivity index (χ0v) is 13.0. The van der Waals surface area contributed by atoms with Crippen LogP contribution in [-0.4, -0.2) is 42.6 Å². The maximum absolute atomic E-state index is 11.9. The summed E-state index contributed by atoms with van der Waals surface area (Å²) in [6.45, 7) is 0.294. The summed E-state index contributed by atoms with van der Waals surface area (Å²) in [6, 6.07) is 8.49. The van der Waals surface area contributed by atoms with Crippen LogP contribution >= 0.6 is 11.8 Å². The van der Waals surface area contributed by atoms with Crippen molar-refractivity contribution in [1.82, 2.24) is 5.32 Å². The van der Waals surface area contributed by atoms with Gasteiger partial charge in [-0.2, -0.15) is 17.0 Å². The molecule has 1 atom stereocenters. The van der Waals surface area contributed by atoms with Gasteiger partial charge in [0.2, 0.25) is 0 Å². The lowest BCUT2D eigenvalue weighted by atomic mass is 10.0. The fraction of sp³-hybridized carbons (Fsp3) is 0.400. The third-order valence-corrected chi connectivity index (χ3v) is 4.80. The molecule has 0 spiro atoms. The summed E-state index contributed by atoms with van der Waals surface area (Å²) in [4.78, 5) is 23.8. The number of anilines is 1. The predicted molar refractivity (Wildman–Crippen MR) is 84.5 cm³/mol. The highest BCUT2D eigenvalue weighted by molar-refractivity contribution is 7.99. The Hall–Kier alpha value is -2.04. The number of carbonyl (C=O) groups excluding carboxylic acids is 2. The largest absolute Gasteiger partial charge is 0.376 e. The summed E-state index contributed by atoms with van der Waals surface area (Å²) in [5.74, 6) is 0.245. The molecule has 0 aromatic heterocycles. The third-order valence-electron chi connectivity index (χ3n) is 3.57. The molecule has 2 amide bonds. The molecule has 1 aliphatic rings. The van der Waals surface area contributed by atoms with Gasteiger partial charge in [-0.05, 0) is 24.3 Å². The van der Waals surface area contributed by atoms with Crippen LogP contribution < -0.4 is 10.6 Å². The monoisotopic (exact) mass is 319 g/mol. The summed E-state index contributed by atoms with van der Waals surface area (Å²) in [5.41, 5.74) is 0.234. The first-order valence-electron chi connectivity index (χ1n) is 6.81. The summed E-state index contributed by atoms with van der Waals surface area (Å²) in [6.07, 6.45) is 0.841. The molecule has 1 aliphatic heterocycles. The molecule has 22 heavy (non-hydrogen) atoms. The van der Waals surface area contributed by atoms with E-state index in [1.165, 1.54) is 0 Å². The number of hydrogen-bond donors (Lipinski definition) is 2. The minimum atomic E-state index is -0.792. The van der Waals surface area contributed by atoms with Crippen LogP contribution in [0.15, 0.2) is 24.3 Å². The lowest BCUT2D eigenvalue weighted by molar-refractivity contribution is -0.136. The topological polar surface area (TPSA) is 91.2 Å². The fourth-order valence-electron chi connectivity index (χ4n) is 2.15. The van der Waals surface area contributed by atoms with Crippen molar-refractivity contribution in [2.24, 2.45) is 0 Å². The number of benzene rings is 1. The van der Waals surface area contributed by atoms with Gasteiger partial charge in [0.15, 0.2) is 0 Å². The molecule has 2 rings (SSSR count). The second kappa shape index (κ2) is 7.29. The van der Waals surface area contributed by atoms with Gasteiger partial charge >= 0.3 is 11.8 Å². The van der Waals surface area contributed by atoms with Crippen LogP contribution in [0, 0.1) is 11.3 Å². The Labute approximate surface area is 133 Å². The lowest BCUT2D eigenvalue weighted by Crippen LogP contribution is -2.47. The molecular weight excluding hydrogens is 302 g/mol. The van der Waals surface area contributed by atoms with Crippen LogP contribution in [0.1, 0.15) is 12.0 Å². The van der Waals surface area contributed by atoms with Gasteiger partial charge in [-0.1, -0.05) is 12.1 Å². The van der Waals surface area contributed by atoms with Crippen LogP contribution in [0.4, 0.5) is 5.69 Å². The van der Waals surface area contributed by atoms with Gasteiger partial charge in [-0.3, -0.25) is 9.59 Å². The molecule has 116 valence electrons. The number of nitrogens with zero attached hydrogens (tertiary/aromatic N) is 1. The molecule has 0 bridgehead atoms. The van der Waals surface area contributed by atoms with Crippen molar-refractivity contribution < 1.29 is 14.3 Å². The number of ether oxygens (including phenoxy) is 1. The number of para-hydroxylation sites is 1. The van der Waals surface area contributed by atoms with Crippen LogP contribution in [0.5, 0.6) is 0 Å². The minimum Gasteiger partial charge on any atom is -0.376 e. The summed E-state index contributed by atoms with van der Waals surface area (Å²) >= 11 is 1.76. The van der Waals surface area contributed by atoms with Crippen LogP contribution in [0.3, 0.4) is 0 Å². The first kappa shape index (κ1) is 16.3. The van der Waals surface area contributed by atoms with E-state index in [-0.39, 0.29) is 0 Å². The van der Waals surface area contributed by atoms with E-state index in [4.69, 9.17) is 10.00 Å². The maximum Gasteiger partial charge on any atom is 0.313 e. The quantitative estimate of drug-likeness (QED) is 0.812. The van der Waals surface area contributed by atoms with E-state index in [0.29, 0.717) is 17.8 Å². The zero-order valence-electron chi connectivity index (χ0n) is 12.2. The van der Waals surface area contributed by atoms with Crippen molar-refractivity contribution in [3.8, 4) is 6.07 Å². The molecule has 1 heterocycles. The van der Waals surface area contributed by atoms with Crippen molar-refractivity contribution >= 4 is 29.3 Å². The number of carbonyl (C=O) groups is 2. The van der Waals surface area contributed by atoms with Crippen molar-refractivity contribution in [2.45, 2.75) is 12.0 Å². The Bertz CT molecular complexity index is 606. The Balaban J connectivity index is 1.92. The molecule has 2 N–H and O–H groups in total. The van der Waals surface area contributed by atoms with Crippen molar-refractivity contribution in [2.75, 3.05) is 30.5 Å². The van der Waals surface area contributed by atoms with Crippen molar-refractivity contribution in [3.63, 3.8) is 0 Å². The molecule has 0 saturated carbocycles.